The molecule has 0 aliphatic carbocycles. The van der Waals surface area contributed by atoms with Crippen molar-refractivity contribution in [2.45, 2.75) is 46.6 Å². The number of nitrogens with zero attached hydrogens (tertiary/aromatic N) is 9. The normalized spacial score (nSPS) is 13.6. The van der Waals surface area contributed by atoms with Crippen molar-refractivity contribution in [3.8, 4) is 56.0 Å². The first-order chi connectivity index (χ1) is 55.5. The van der Waals surface area contributed by atoms with E-state index in [1.54, 1.807) is 17.0 Å². The Hall–Kier alpha value is -13.8. The van der Waals surface area contributed by atoms with Gasteiger partial charge in [-0.25, -0.2) is 24.9 Å². The maximum Gasteiger partial charge on any atom is 0.247 e. The fraction of sp³-hybridized carbons (Fsp3) is 0.153. The number of aliphatic imine (C=N–C) groups is 1. The lowest BCUT2D eigenvalue weighted by Gasteiger charge is -2.36. The van der Waals surface area contributed by atoms with Gasteiger partial charge >= 0.3 is 0 Å². The molecule has 0 saturated carbocycles. The highest BCUT2D eigenvalue weighted by atomic mass is 16.5. The van der Waals surface area contributed by atoms with Crippen molar-refractivity contribution in [1.29, 1.82) is 0 Å². The molecule has 18 rings (SSSR count). The molecule has 2 amide bonds. The molecule has 2 aliphatic heterocycles. The van der Waals surface area contributed by atoms with Gasteiger partial charge in [-0.1, -0.05) is 218 Å². The lowest BCUT2D eigenvalue weighted by molar-refractivity contribution is -0.134. The second kappa shape index (κ2) is 29.9. The molecule has 15 heteroatoms. The van der Waals surface area contributed by atoms with Gasteiger partial charge in [0, 0.05) is 175 Å². The topological polar surface area (TPSA) is 187 Å². The van der Waals surface area contributed by atoms with Gasteiger partial charge in [-0.3, -0.25) is 9.59 Å². The Balaban J connectivity index is 0.776. The Morgan fingerprint density at radius 2 is 0.743 bits per heavy atom. The van der Waals surface area contributed by atoms with Crippen molar-refractivity contribution in [3.63, 3.8) is 0 Å². The zero-order valence-corrected chi connectivity index (χ0v) is 63.4. The Morgan fingerprint density at radius 3 is 1.10 bits per heavy atom. The summed E-state index contributed by atoms with van der Waals surface area (Å²) in [6.07, 6.45) is -0.193. The second-order valence-corrected chi connectivity index (χ2v) is 28.9. The highest BCUT2D eigenvalue weighted by molar-refractivity contribution is 6.28. The molecule has 0 radical (unpaired) electrons. The molecule has 4 aromatic heterocycles. The smallest absolute Gasteiger partial charge is 0.247 e. The van der Waals surface area contributed by atoms with Crippen molar-refractivity contribution in [1.82, 2.24) is 29.7 Å². The minimum absolute atomic E-state index is 0.0431. The van der Waals surface area contributed by atoms with E-state index in [4.69, 9.17) is 35.4 Å². The fourth-order valence-electron chi connectivity index (χ4n) is 17.1. The van der Waals surface area contributed by atoms with Gasteiger partial charge in [0.05, 0.1) is 44.1 Å². The summed E-state index contributed by atoms with van der Waals surface area (Å²) in [5.41, 5.74) is 23.9. The maximum atomic E-state index is 15.1. The SMILES string of the molecule is CCN(CC)c1ccc2c(c1)Oc1cc(N(CC)CC)ccc1C2=c1ccccc1=C(O)N1CCN(C(=O)[C@H](CCC(N)=O)N=C(O)c2ccc(-c3c4nc(c(-c5ccccc5)c5nc(c(-c6ccccc6)c6nc(c(-c7ccccc7)c7nc3c3ccccc73)c3ccccc63)c3ccccc53)c3ccccc43)cc2)CC1. The number of benzene rings is 11. The number of aliphatic hydroxyl groups excluding tert-OH is 2. The predicted octanol–water partition coefficient (Wildman–Crippen LogP) is 19.2. The average Bonchev–Trinajstić information content (AvgIpc) is 1.61. The summed E-state index contributed by atoms with van der Waals surface area (Å²) in [6.45, 7) is 13.0. The number of anilines is 2. The molecule has 4 N–H and O–H groups in total. The average molecular weight is 1480 g/mol. The number of nitrogens with two attached hydrogens (primary N) is 1. The van der Waals surface area contributed by atoms with Crippen molar-refractivity contribution >= 4 is 128 Å². The van der Waals surface area contributed by atoms with E-state index in [1.165, 1.54) is 0 Å². The zero-order chi connectivity index (χ0) is 77.0. The number of aromatic nitrogens is 4. The van der Waals surface area contributed by atoms with Crippen molar-refractivity contribution in [2.24, 2.45) is 10.7 Å². The zero-order valence-electron chi connectivity index (χ0n) is 63.4. The van der Waals surface area contributed by atoms with Crippen LogP contribution in [0.3, 0.4) is 0 Å². The summed E-state index contributed by atoms with van der Waals surface area (Å²) in [5, 5.41) is 33.9. The van der Waals surface area contributed by atoms with Crippen LogP contribution in [0.25, 0.3) is 143 Å². The first-order valence-electron chi connectivity index (χ1n) is 39.0. The molecule has 16 aromatic rings. The first-order valence-corrected chi connectivity index (χ1v) is 39.0. The van der Waals surface area contributed by atoms with Gasteiger partial charge in [-0.2, -0.15) is 0 Å². The highest BCUT2D eigenvalue weighted by Gasteiger charge is 2.32. The molecule has 0 unspecified atom stereocenters. The third-order valence-corrected chi connectivity index (χ3v) is 22.7. The number of carbonyl (C=O) groups is 2. The quantitative estimate of drug-likeness (QED) is 0.0579. The van der Waals surface area contributed by atoms with E-state index in [2.05, 4.69) is 232 Å². The fourth-order valence-corrected chi connectivity index (χ4v) is 17.1. The molecule has 1 atom stereocenters. The van der Waals surface area contributed by atoms with E-state index < -0.39 is 11.9 Å². The summed E-state index contributed by atoms with van der Waals surface area (Å²) in [6, 6.07) is 92.0. The molecule has 554 valence electrons. The van der Waals surface area contributed by atoms with Crippen LogP contribution in [-0.2, 0) is 9.59 Å². The van der Waals surface area contributed by atoms with Gasteiger partial charge in [0.1, 0.15) is 17.5 Å². The predicted molar refractivity (Wildman–Crippen MR) is 461 cm³/mol. The lowest BCUT2D eigenvalue weighted by atomic mass is 9.90. The second-order valence-electron chi connectivity index (χ2n) is 28.9. The molecule has 1 fully saturated rings. The Kier molecular flexibility index (Phi) is 18.7. The largest absolute Gasteiger partial charge is 0.494 e. The van der Waals surface area contributed by atoms with E-state index in [9.17, 15) is 15.0 Å². The molecule has 15 nitrogen and oxygen atoms in total. The van der Waals surface area contributed by atoms with Crippen LogP contribution >= 0.6 is 0 Å². The number of fused-ring (bicyclic) bond motifs is 2. The molecule has 113 heavy (non-hydrogen) atoms. The van der Waals surface area contributed by atoms with Crippen LogP contribution in [0, 0.1) is 0 Å². The molecule has 12 aromatic carbocycles. The number of ether oxygens (including phenoxy) is 1. The van der Waals surface area contributed by atoms with Gasteiger partial charge in [0.15, 0.2) is 5.88 Å². The van der Waals surface area contributed by atoms with Crippen molar-refractivity contribution in [3.05, 3.63) is 300 Å². The summed E-state index contributed by atoms with van der Waals surface area (Å²) in [5.74, 6) is 0.192. The van der Waals surface area contributed by atoms with Gasteiger partial charge in [-0.05, 0) is 104 Å². The lowest BCUT2D eigenvalue weighted by Crippen LogP contribution is -2.52. The maximum absolute atomic E-state index is 15.1. The molecule has 8 bridgehead atoms. The third kappa shape index (κ3) is 12.6. The van der Waals surface area contributed by atoms with E-state index in [-0.39, 0.29) is 56.7 Å². The van der Waals surface area contributed by atoms with Crippen LogP contribution in [-0.4, -0.2) is 116 Å². The van der Waals surface area contributed by atoms with Gasteiger partial charge in [0.25, 0.3) is 0 Å². The third-order valence-electron chi connectivity index (χ3n) is 22.7. The Labute approximate surface area is 653 Å². The number of aliphatic hydroxyl groups is 2. The Bertz CT molecular complexity index is 6410. The molecular weight excluding hydrogens is 1400 g/mol. The number of rotatable bonds is 17. The van der Waals surface area contributed by atoms with Crippen molar-refractivity contribution in [2.75, 3.05) is 62.2 Å². The van der Waals surface area contributed by atoms with Crippen LogP contribution in [0.5, 0.6) is 11.5 Å². The molecule has 6 heterocycles. The standard InChI is InChI=1S/C98H82N10O5/c1-5-105(6-2)65-48-50-77-80(58-65)113-81-59-66(106(7-3)8-4)49-51-78(81)87(77)67-34-18-27-43-76(67)97(111)107-54-56-108(57-55-107)98(112)79(52-53-82(99)109)100-96(110)64-46-44-63(45-47-64)86-94-74-41-25-23-39-72(74)92(103-94)84(61-30-14-10-15-31-61)90-70-37-21-19-35-68(70)88(101-90)83(60-28-12-9-13-29-60)89-69-36-20-22-38-71(69)91(102-89)85(62-32-16-11-17-33-62)93-73-40-24-26-42-75(73)95(86)104-93/h9-51,58-59,79,111H,5-8,52-57H2,1-4H3,(H2,99,109)(H,100,110)/t79-/m0/s1. The minimum atomic E-state index is -1.18. The van der Waals surface area contributed by atoms with E-state index in [0.29, 0.717) is 21.8 Å². The first kappa shape index (κ1) is 70.9. The number of amides is 2. The molecule has 2 aliphatic rings. The van der Waals surface area contributed by atoms with E-state index in [0.717, 1.165) is 192 Å². The van der Waals surface area contributed by atoms with E-state index >= 15 is 4.79 Å². The number of hydrogen-bond donors (Lipinski definition) is 3. The van der Waals surface area contributed by atoms with Crippen LogP contribution in [0.2, 0.25) is 0 Å². The number of piperazine rings is 1. The van der Waals surface area contributed by atoms with Gasteiger partial charge in [0.2, 0.25) is 17.7 Å². The summed E-state index contributed by atoms with van der Waals surface area (Å²) < 4.78 is 6.84. The molecule has 0 spiro atoms. The van der Waals surface area contributed by atoms with Crippen LogP contribution in [0.1, 0.15) is 57.2 Å². The molecule has 1 saturated heterocycles. The number of hydrogen-bond acceptors (Lipinski definition) is 12. The van der Waals surface area contributed by atoms with Crippen LogP contribution < -0.4 is 30.7 Å². The highest BCUT2D eigenvalue weighted by Crippen LogP contribution is 2.49. The van der Waals surface area contributed by atoms with Crippen molar-refractivity contribution < 1.29 is 24.5 Å². The summed E-state index contributed by atoms with van der Waals surface area (Å²) in [4.78, 5) is 64.4. The number of carbonyl (C=O) groups excluding carboxylic acids is 2. The summed E-state index contributed by atoms with van der Waals surface area (Å²) in [7, 11) is 0. The van der Waals surface area contributed by atoms with Gasteiger partial charge < -0.3 is 40.3 Å². The minimum Gasteiger partial charge on any atom is -0.494 e. The molecular formula is C98H82N10O5. The van der Waals surface area contributed by atoms with E-state index in [1.807, 2.05) is 71.6 Å². The Morgan fingerprint density at radius 1 is 0.416 bits per heavy atom. The monoisotopic (exact) mass is 1480 g/mol. The summed E-state index contributed by atoms with van der Waals surface area (Å²) >= 11 is 0. The number of primary amides is 1. The van der Waals surface area contributed by atoms with Gasteiger partial charge in [-0.15, -0.1) is 0 Å². The van der Waals surface area contributed by atoms with Crippen LogP contribution in [0.4, 0.5) is 11.4 Å². The van der Waals surface area contributed by atoms with Crippen LogP contribution in [0.15, 0.2) is 278 Å².